The summed E-state index contributed by atoms with van der Waals surface area (Å²) in [6.07, 6.45) is 1.25. The average Bonchev–Trinajstić information content (AvgIpc) is 2.78. The van der Waals surface area contributed by atoms with Crippen LogP contribution in [0.5, 0.6) is 0 Å². The van der Waals surface area contributed by atoms with Gasteiger partial charge >= 0.3 is 181 Å². The number of unbranched alkanes of at least 4 members (excludes halogenated alkanes) is 1. The molecule has 0 spiro atoms. The van der Waals surface area contributed by atoms with Gasteiger partial charge in [-0.05, 0) is 0 Å². The molecule has 166 valence electrons. The molecule has 3 nitrogen and oxygen atoms in total. The number of hydrogen-bond donors (Lipinski definition) is 0. The van der Waals surface area contributed by atoms with Gasteiger partial charge in [0.05, 0.1) is 0 Å². The summed E-state index contributed by atoms with van der Waals surface area (Å²) in [7, 11) is -5.93. The van der Waals surface area contributed by atoms with Crippen LogP contribution in [-0.4, -0.2) is 20.1 Å². The van der Waals surface area contributed by atoms with Crippen LogP contribution in [0.4, 0.5) is 13.2 Å². The van der Waals surface area contributed by atoms with Crippen molar-refractivity contribution in [3.63, 3.8) is 0 Å². The molecule has 3 rings (SSSR count). The second-order valence-corrected chi connectivity index (χ2v) is 13.7. The average molecular weight is 468 g/mol. The Labute approximate surface area is 181 Å². The monoisotopic (exact) mass is 468 g/mol. The van der Waals surface area contributed by atoms with Gasteiger partial charge in [-0.25, -0.2) is 0 Å². The van der Waals surface area contributed by atoms with Crippen LogP contribution in [0.15, 0.2) is 91.0 Å². The predicted molar refractivity (Wildman–Crippen MR) is 121 cm³/mol. The minimum atomic E-state index is -5.93. The van der Waals surface area contributed by atoms with E-state index in [1.54, 1.807) is 91.0 Å². The Kier molecular flexibility index (Phi) is 6.61. The molecule has 0 aliphatic heterocycles. The first kappa shape index (κ1) is 23.5. The van der Waals surface area contributed by atoms with E-state index >= 15 is 0 Å². The fraction of sp³-hybridized carbons (Fsp3) is 0.217. The summed E-state index contributed by atoms with van der Waals surface area (Å²) < 4.78 is 72.0. The summed E-state index contributed by atoms with van der Waals surface area (Å²) in [4.78, 5) is 0. The zero-order valence-corrected chi connectivity index (χ0v) is 18.7. The van der Waals surface area contributed by atoms with Gasteiger partial charge in [0.2, 0.25) is 0 Å². The molecule has 31 heavy (non-hydrogen) atoms. The molecule has 0 aliphatic carbocycles. The van der Waals surface area contributed by atoms with Gasteiger partial charge in [-0.2, -0.15) is 0 Å². The van der Waals surface area contributed by atoms with Crippen molar-refractivity contribution < 1.29 is 25.6 Å². The molecule has 0 fully saturated rings. The van der Waals surface area contributed by atoms with E-state index in [2.05, 4.69) is 0 Å². The third-order valence-electron chi connectivity index (χ3n) is 5.39. The van der Waals surface area contributed by atoms with E-state index in [1.165, 1.54) is 0 Å². The van der Waals surface area contributed by atoms with Gasteiger partial charge in [0.15, 0.2) is 0 Å². The first-order chi connectivity index (χ1) is 14.7. The van der Waals surface area contributed by atoms with E-state index in [0.717, 1.165) is 0 Å². The molecule has 0 bridgehead atoms. The zero-order valence-electron chi connectivity index (χ0n) is 17.0. The summed E-state index contributed by atoms with van der Waals surface area (Å²) >= 11 is 0. The molecule has 0 atom stereocenters. The Morgan fingerprint density at radius 1 is 0.742 bits per heavy atom. The number of benzene rings is 3. The normalized spacial score (nSPS) is 14.0. The van der Waals surface area contributed by atoms with Crippen molar-refractivity contribution in [1.82, 2.24) is 0 Å². The van der Waals surface area contributed by atoms with Crippen LogP contribution in [0, 0.1) is 0 Å². The fourth-order valence-corrected chi connectivity index (χ4v) is 12.3. The molecule has 0 radical (unpaired) electrons. The maximum absolute atomic E-state index is 13.7. The van der Waals surface area contributed by atoms with Crippen molar-refractivity contribution >= 4 is 32.9 Å². The fourth-order valence-electron chi connectivity index (χ4n) is 3.95. The van der Waals surface area contributed by atoms with E-state index in [-0.39, 0.29) is 6.16 Å². The molecular formula is C23H24F3O3PS. The van der Waals surface area contributed by atoms with Crippen molar-refractivity contribution in [1.29, 1.82) is 0 Å². The Bertz CT molecular complexity index is 1000. The van der Waals surface area contributed by atoms with Crippen molar-refractivity contribution in [2.24, 2.45) is 0 Å². The van der Waals surface area contributed by atoms with Gasteiger partial charge in [-0.3, -0.25) is 0 Å². The van der Waals surface area contributed by atoms with Crippen LogP contribution in [0.25, 0.3) is 0 Å². The van der Waals surface area contributed by atoms with Crippen molar-refractivity contribution in [3.05, 3.63) is 91.0 Å². The molecule has 0 aliphatic rings. The summed E-state index contributed by atoms with van der Waals surface area (Å²) in [6, 6.07) is 25.4. The molecular weight excluding hydrogens is 444 g/mol. The molecule has 0 N–H and O–H groups in total. The minimum absolute atomic E-state index is 0.120. The Balaban J connectivity index is 2.56. The zero-order chi connectivity index (χ0) is 22.6. The van der Waals surface area contributed by atoms with Crippen LogP contribution < -0.4 is 15.9 Å². The molecule has 3 aromatic carbocycles. The van der Waals surface area contributed by atoms with Gasteiger partial charge in [-0.15, -0.1) is 0 Å². The molecule has 0 saturated carbocycles. The van der Waals surface area contributed by atoms with Crippen LogP contribution in [-0.2, 0) is 14.1 Å². The second-order valence-electron chi connectivity index (χ2n) is 7.27. The maximum atomic E-state index is 13.7. The Morgan fingerprint density at radius 3 is 1.39 bits per heavy atom. The van der Waals surface area contributed by atoms with Gasteiger partial charge in [0, 0.05) is 0 Å². The van der Waals surface area contributed by atoms with E-state index < -0.39 is 22.5 Å². The summed E-state index contributed by atoms with van der Waals surface area (Å²) in [5.41, 5.74) is -5.55. The number of halogens is 3. The van der Waals surface area contributed by atoms with E-state index in [9.17, 15) is 21.6 Å². The summed E-state index contributed by atoms with van der Waals surface area (Å²) in [6.45, 7) is -2.67. The van der Waals surface area contributed by atoms with Gasteiger partial charge < -0.3 is 0 Å². The molecule has 0 aromatic heterocycles. The van der Waals surface area contributed by atoms with Crippen LogP contribution in [0.2, 0.25) is 0 Å². The Hall–Kier alpha value is -2.21. The number of rotatable bonds is 8. The predicted octanol–water partition coefficient (Wildman–Crippen LogP) is 5.10. The third kappa shape index (κ3) is 4.02. The molecule has 8 heteroatoms. The second kappa shape index (κ2) is 8.73. The van der Waals surface area contributed by atoms with E-state index in [0.29, 0.717) is 28.8 Å². The number of hydrogen-bond acceptors (Lipinski definition) is 3. The SMILES string of the molecule is CCCCP(OS(=O)(=O)C(F)(F)F)(c1ccccc1)(c1ccccc1)c1ccccc1. The molecule has 0 saturated heterocycles. The van der Waals surface area contributed by atoms with Crippen molar-refractivity contribution in [2.45, 2.75) is 25.3 Å². The molecule has 0 unspecified atom stereocenters. The van der Waals surface area contributed by atoms with Crippen molar-refractivity contribution in [2.75, 3.05) is 6.16 Å². The quantitative estimate of drug-likeness (QED) is 0.341. The topological polar surface area (TPSA) is 43.4 Å². The summed E-state index contributed by atoms with van der Waals surface area (Å²) in [5, 5.41) is 1.31. The van der Waals surface area contributed by atoms with Gasteiger partial charge in [0.25, 0.3) is 0 Å². The van der Waals surface area contributed by atoms with E-state index in [1.807, 2.05) is 6.92 Å². The first-order valence-corrected chi connectivity index (χ1v) is 13.6. The van der Waals surface area contributed by atoms with Crippen LogP contribution in [0.3, 0.4) is 0 Å². The molecule has 0 heterocycles. The molecule has 0 amide bonds. The standard InChI is InChI=1S/C23H24F3O3PS/c1-2-3-19-30(20-13-7-4-8-14-20,21-15-9-5-10-16-21,22-17-11-6-12-18-22)29-31(27,28)23(24,25)26/h4-18H,2-3,19H2,1H3. The Morgan fingerprint density at radius 2 is 1.10 bits per heavy atom. The van der Waals surface area contributed by atoms with E-state index in [4.69, 9.17) is 3.97 Å². The van der Waals surface area contributed by atoms with Crippen LogP contribution in [0.1, 0.15) is 19.8 Å². The third-order valence-corrected chi connectivity index (χ3v) is 13.4. The van der Waals surface area contributed by atoms with Crippen LogP contribution >= 0.6 is 6.83 Å². The first-order valence-electron chi connectivity index (χ1n) is 9.88. The van der Waals surface area contributed by atoms with Gasteiger partial charge in [-0.1, -0.05) is 0 Å². The molecule has 3 aromatic rings. The van der Waals surface area contributed by atoms with Crippen molar-refractivity contribution in [3.8, 4) is 0 Å². The van der Waals surface area contributed by atoms with Gasteiger partial charge in [0.1, 0.15) is 0 Å². The summed E-state index contributed by atoms with van der Waals surface area (Å²) in [5.74, 6) is 0. The number of alkyl halides is 3.